The summed E-state index contributed by atoms with van der Waals surface area (Å²) in [5.41, 5.74) is 9.09. The quantitative estimate of drug-likeness (QED) is 0.795. The van der Waals surface area contributed by atoms with Crippen molar-refractivity contribution in [3.63, 3.8) is 0 Å². The maximum atomic E-state index is 12.4. The van der Waals surface area contributed by atoms with E-state index in [9.17, 15) is 4.79 Å². The molecule has 1 aromatic heterocycles. The highest BCUT2D eigenvalue weighted by molar-refractivity contribution is 6.08. The van der Waals surface area contributed by atoms with Crippen molar-refractivity contribution < 1.29 is 9.32 Å². The summed E-state index contributed by atoms with van der Waals surface area (Å²) in [5, 5.41) is 3.94. The first-order valence-electron chi connectivity index (χ1n) is 7.44. The van der Waals surface area contributed by atoms with Gasteiger partial charge >= 0.3 is 0 Å². The Morgan fingerprint density at radius 3 is 3.00 bits per heavy atom. The van der Waals surface area contributed by atoms with Crippen molar-refractivity contribution >= 4 is 17.2 Å². The highest BCUT2D eigenvalue weighted by Gasteiger charge is 2.44. The molecule has 4 heteroatoms. The van der Waals surface area contributed by atoms with E-state index in [1.54, 1.807) is 0 Å². The molecular weight excluding hydrogens is 252 g/mol. The molecule has 0 amide bonds. The monoisotopic (exact) mass is 270 g/mol. The smallest absolute Gasteiger partial charge is 0.171 e. The first-order valence-corrected chi connectivity index (χ1v) is 7.44. The second-order valence-corrected chi connectivity index (χ2v) is 6.00. The van der Waals surface area contributed by atoms with E-state index in [4.69, 9.17) is 10.3 Å². The van der Waals surface area contributed by atoms with E-state index in [-0.39, 0.29) is 11.7 Å². The molecule has 2 N–H and O–H groups in total. The van der Waals surface area contributed by atoms with Crippen molar-refractivity contribution in [3.8, 4) is 0 Å². The maximum absolute atomic E-state index is 12.4. The fourth-order valence-electron chi connectivity index (χ4n) is 4.02. The Balaban J connectivity index is 1.86. The Hall–Kier alpha value is -1.84. The number of allylic oxidation sites excluding steroid dienone is 4. The van der Waals surface area contributed by atoms with Crippen molar-refractivity contribution in [3.05, 3.63) is 29.0 Å². The number of aromatic nitrogens is 1. The lowest BCUT2D eigenvalue weighted by atomic mass is 9.75. The van der Waals surface area contributed by atoms with Gasteiger partial charge in [0.15, 0.2) is 17.4 Å². The number of carbonyl (C=O) groups excluding carboxylic acids is 1. The van der Waals surface area contributed by atoms with Gasteiger partial charge in [0.05, 0.1) is 5.56 Å². The van der Waals surface area contributed by atoms with Gasteiger partial charge in [0.1, 0.15) is 0 Å². The van der Waals surface area contributed by atoms with Gasteiger partial charge in [-0.2, -0.15) is 0 Å². The standard InChI is InChI=1S/C16H18N2O2/c17-16-14-12(9-5-2-1-3-6-9)13-10(15(14)20-18-16)7-4-8-11(13)19/h1-2,9,12H,3-8H2,(H2,17,18)/t9-,12+/m0/s1. The van der Waals surface area contributed by atoms with Crippen LogP contribution < -0.4 is 5.73 Å². The van der Waals surface area contributed by atoms with Crippen LogP contribution in [0.25, 0.3) is 5.57 Å². The van der Waals surface area contributed by atoms with Crippen LogP contribution >= 0.6 is 0 Å². The minimum atomic E-state index is 0.115. The number of carbonyl (C=O) groups is 1. The van der Waals surface area contributed by atoms with Gasteiger partial charge in [0.2, 0.25) is 0 Å². The zero-order valence-electron chi connectivity index (χ0n) is 11.4. The summed E-state index contributed by atoms with van der Waals surface area (Å²) in [6, 6.07) is 0. The van der Waals surface area contributed by atoms with Gasteiger partial charge in [-0.1, -0.05) is 17.3 Å². The third-order valence-electron chi connectivity index (χ3n) is 4.89. The van der Waals surface area contributed by atoms with Crippen molar-refractivity contribution in [2.75, 3.05) is 5.73 Å². The Morgan fingerprint density at radius 1 is 1.30 bits per heavy atom. The fraction of sp³-hybridized carbons (Fsp3) is 0.500. The van der Waals surface area contributed by atoms with Crippen molar-refractivity contribution in [1.82, 2.24) is 5.16 Å². The van der Waals surface area contributed by atoms with E-state index in [0.29, 0.717) is 18.2 Å². The second-order valence-electron chi connectivity index (χ2n) is 6.00. The summed E-state index contributed by atoms with van der Waals surface area (Å²) in [4.78, 5) is 12.4. The molecule has 0 aromatic carbocycles. The Kier molecular flexibility index (Phi) is 2.59. The van der Waals surface area contributed by atoms with Crippen LogP contribution in [0.2, 0.25) is 0 Å². The fourth-order valence-corrected chi connectivity index (χ4v) is 4.02. The van der Waals surface area contributed by atoms with Crippen LogP contribution in [-0.2, 0) is 4.79 Å². The van der Waals surface area contributed by atoms with E-state index in [1.807, 2.05) is 0 Å². The van der Waals surface area contributed by atoms with E-state index in [1.165, 1.54) is 0 Å². The first kappa shape index (κ1) is 11.9. The van der Waals surface area contributed by atoms with Gasteiger partial charge in [-0.25, -0.2) is 0 Å². The van der Waals surface area contributed by atoms with E-state index >= 15 is 0 Å². The molecule has 4 rings (SSSR count). The summed E-state index contributed by atoms with van der Waals surface area (Å²) in [6.45, 7) is 0. The summed E-state index contributed by atoms with van der Waals surface area (Å²) in [7, 11) is 0. The average molecular weight is 270 g/mol. The predicted octanol–water partition coefficient (Wildman–Crippen LogP) is 3.22. The molecule has 2 atom stereocenters. The molecule has 0 radical (unpaired) electrons. The molecule has 104 valence electrons. The molecule has 0 aliphatic heterocycles. The van der Waals surface area contributed by atoms with Crippen LogP contribution in [0.4, 0.5) is 5.82 Å². The molecule has 1 heterocycles. The molecule has 0 unspecified atom stereocenters. The largest absolute Gasteiger partial charge is 0.381 e. The van der Waals surface area contributed by atoms with Gasteiger partial charge in [-0.05, 0) is 38.0 Å². The van der Waals surface area contributed by atoms with Crippen molar-refractivity contribution in [2.45, 2.75) is 44.4 Å². The zero-order valence-corrected chi connectivity index (χ0v) is 11.4. The van der Waals surface area contributed by atoms with Crippen LogP contribution in [0.3, 0.4) is 0 Å². The van der Waals surface area contributed by atoms with Gasteiger partial charge in [-0.3, -0.25) is 4.79 Å². The molecule has 4 nitrogen and oxygen atoms in total. The average Bonchev–Trinajstić information content (AvgIpc) is 3.00. The Labute approximate surface area is 117 Å². The van der Waals surface area contributed by atoms with E-state index < -0.39 is 0 Å². The molecule has 0 saturated carbocycles. The molecule has 3 aliphatic rings. The lowest BCUT2D eigenvalue weighted by Gasteiger charge is -2.28. The van der Waals surface area contributed by atoms with Crippen molar-refractivity contribution in [1.29, 1.82) is 0 Å². The van der Waals surface area contributed by atoms with Gasteiger partial charge < -0.3 is 10.3 Å². The third-order valence-corrected chi connectivity index (χ3v) is 4.89. The minimum absolute atomic E-state index is 0.115. The first-order chi connectivity index (χ1) is 9.77. The number of ketones is 1. The maximum Gasteiger partial charge on any atom is 0.171 e. The number of nitrogens with two attached hydrogens (primary N) is 1. The third kappa shape index (κ3) is 1.54. The van der Waals surface area contributed by atoms with Crippen molar-refractivity contribution in [2.24, 2.45) is 5.92 Å². The molecule has 0 spiro atoms. The lowest BCUT2D eigenvalue weighted by Crippen LogP contribution is -2.21. The highest BCUT2D eigenvalue weighted by Crippen LogP contribution is 2.54. The molecule has 0 fully saturated rings. The number of hydrogen-bond donors (Lipinski definition) is 1. The summed E-state index contributed by atoms with van der Waals surface area (Å²) >= 11 is 0. The van der Waals surface area contributed by atoms with E-state index in [0.717, 1.165) is 54.6 Å². The van der Waals surface area contributed by atoms with Gasteiger partial charge in [0.25, 0.3) is 0 Å². The van der Waals surface area contributed by atoms with Gasteiger partial charge in [0, 0.05) is 23.5 Å². The SMILES string of the molecule is Nc1noc2c1[C@H]([C@H]1CC=CCC1)C1=C2CCCC1=O. The lowest BCUT2D eigenvalue weighted by molar-refractivity contribution is -0.116. The summed E-state index contributed by atoms with van der Waals surface area (Å²) in [5.74, 6) is 2.13. The number of nitrogens with zero attached hydrogens (tertiary/aromatic N) is 1. The number of fused-ring (bicyclic) bond motifs is 2. The molecule has 20 heavy (non-hydrogen) atoms. The summed E-state index contributed by atoms with van der Waals surface area (Å²) in [6.07, 6.45) is 10.1. The van der Waals surface area contributed by atoms with Crippen LogP contribution in [-0.4, -0.2) is 10.9 Å². The minimum Gasteiger partial charge on any atom is -0.381 e. The predicted molar refractivity (Wildman–Crippen MR) is 75.9 cm³/mol. The highest BCUT2D eigenvalue weighted by atomic mass is 16.5. The van der Waals surface area contributed by atoms with Crippen LogP contribution in [0.1, 0.15) is 55.8 Å². The number of anilines is 1. The summed E-state index contributed by atoms with van der Waals surface area (Å²) < 4.78 is 5.44. The number of Topliss-reactive ketones (excluding diaryl/α,β-unsaturated/α-hetero) is 1. The van der Waals surface area contributed by atoms with Crippen LogP contribution in [0.15, 0.2) is 22.2 Å². The Bertz CT molecular complexity index is 639. The van der Waals surface area contributed by atoms with Crippen LogP contribution in [0, 0.1) is 5.92 Å². The number of rotatable bonds is 1. The number of hydrogen-bond acceptors (Lipinski definition) is 4. The van der Waals surface area contributed by atoms with Gasteiger partial charge in [-0.15, -0.1) is 0 Å². The molecular formula is C16H18N2O2. The van der Waals surface area contributed by atoms with E-state index in [2.05, 4.69) is 17.3 Å². The van der Waals surface area contributed by atoms with Crippen LogP contribution in [0.5, 0.6) is 0 Å². The second kappa shape index (κ2) is 4.33. The molecule has 0 bridgehead atoms. The molecule has 3 aliphatic carbocycles. The topological polar surface area (TPSA) is 69.1 Å². The Morgan fingerprint density at radius 2 is 2.20 bits per heavy atom. The normalized spacial score (nSPS) is 28.7. The number of nitrogen functional groups attached to an aromatic ring is 1. The molecule has 1 aromatic rings. The molecule has 0 saturated heterocycles. The zero-order chi connectivity index (χ0) is 13.7.